The normalized spacial score (nSPS) is 15.0. The first-order chi connectivity index (χ1) is 35.5. The van der Waals surface area contributed by atoms with Crippen LogP contribution in [0.2, 0.25) is 5.04 Å². The van der Waals surface area contributed by atoms with Gasteiger partial charge in [-0.25, -0.2) is 0 Å². The number of hydrogen-bond acceptors (Lipinski definition) is 7. The highest BCUT2D eigenvalue weighted by molar-refractivity contribution is 7.99. The Labute approximate surface area is 456 Å². The third-order valence-corrected chi connectivity index (χ3v) is 22.3. The Morgan fingerprint density at radius 3 is 1.67 bits per heavy atom. The summed E-state index contributed by atoms with van der Waals surface area (Å²) in [6, 6.07) is 22.6. The second kappa shape index (κ2) is 41.0. The van der Waals surface area contributed by atoms with Crippen LogP contribution in [0.25, 0.3) is 0 Å². The summed E-state index contributed by atoms with van der Waals surface area (Å²) < 4.78 is 19.5. The minimum absolute atomic E-state index is 0.0194. The standard InChI is InChI=1S/C65H113NO5SSi/c1-8-11-14-17-18-28-43-58(42-27-15-12-9-2)64(68)69-52-37-23-29-44-59(45-30-24-39-54-72-56-60(46-31-16-13-10-3)71-63(67)55-57-40-25-19-20-26-41-57)66(7)51-36-38-53-70-73(65(4,5)6,61-47-32-21-33-48-61)62-49-34-22-35-50-62/h21-22,32-35,47-50,57-60H,8-20,23-31,36-46,51-56H2,1-7H3. The van der Waals surface area contributed by atoms with Crippen LogP contribution in [0.5, 0.6) is 0 Å². The van der Waals surface area contributed by atoms with Crippen molar-refractivity contribution in [3.05, 3.63) is 60.7 Å². The number of carbonyl (C=O) groups excluding carboxylic acids is 2. The fourth-order valence-corrected chi connectivity index (χ4v) is 17.2. The Bertz CT molecular complexity index is 1570. The van der Waals surface area contributed by atoms with Crippen LogP contribution in [0.4, 0.5) is 0 Å². The maximum atomic E-state index is 13.4. The van der Waals surface area contributed by atoms with Crippen LogP contribution in [0.1, 0.15) is 260 Å². The lowest BCUT2D eigenvalue weighted by Gasteiger charge is -2.43. The second-order valence-electron chi connectivity index (χ2n) is 23.4. The fraction of sp³-hybridized carbons (Fsp3) is 0.785. The second-order valence-corrected chi connectivity index (χ2v) is 28.9. The maximum absolute atomic E-state index is 13.4. The van der Waals surface area contributed by atoms with Crippen molar-refractivity contribution in [2.24, 2.45) is 11.8 Å². The molecule has 0 spiro atoms. The zero-order chi connectivity index (χ0) is 52.7. The van der Waals surface area contributed by atoms with E-state index in [2.05, 4.69) is 114 Å². The van der Waals surface area contributed by atoms with Crippen LogP contribution >= 0.6 is 11.8 Å². The van der Waals surface area contributed by atoms with E-state index < -0.39 is 8.32 Å². The summed E-state index contributed by atoms with van der Waals surface area (Å²) >= 11 is 2.00. The van der Waals surface area contributed by atoms with E-state index in [4.69, 9.17) is 13.9 Å². The van der Waals surface area contributed by atoms with Crippen molar-refractivity contribution in [1.82, 2.24) is 4.90 Å². The highest BCUT2D eigenvalue weighted by atomic mass is 32.2. The van der Waals surface area contributed by atoms with Gasteiger partial charge in [-0.1, -0.05) is 237 Å². The van der Waals surface area contributed by atoms with Gasteiger partial charge in [-0.05, 0) is 118 Å². The molecule has 8 heteroatoms. The fourth-order valence-electron chi connectivity index (χ4n) is 11.5. The maximum Gasteiger partial charge on any atom is 0.308 e. The van der Waals surface area contributed by atoms with E-state index in [-0.39, 0.29) is 29.0 Å². The zero-order valence-corrected chi connectivity index (χ0v) is 50.4. The first kappa shape index (κ1) is 65.2. The van der Waals surface area contributed by atoms with Crippen molar-refractivity contribution in [2.75, 3.05) is 38.3 Å². The molecule has 3 atom stereocenters. The Kier molecular flexibility index (Phi) is 36.6. The van der Waals surface area contributed by atoms with E-state index >= 15 is 0 Å². The number of rotatable bonds is 44. The molecule has 0 amide bonds. The molecule has 0 heterocycles. The molecule has 0 aromatic heterocycles. The molecule has 1 fully saturated rings. The van der Waals surface area contributed by atoms with Gasteiger partial charge in [-0.2, -0.15) is 11.8 Å². The van der Waals surface area contributed by atoms with Crippen LogP contribution in [0, 0.1) is 11.8 Å². The van der Waals surface area contributed by atoms with E-state index in [0.29, 0.717) is 25.0 Å². The van der Waals surface area contributed by atoms with E-state index in [1.165, 1.54) is 152 Å². The lowest BCUT2D eigenvalue weighted by Crippen LogP contribution is -2.66. The number of nitrogens with zero attached hydrogens (tertiary/aromatic N) is 1. The summed E-state index contributed by atoms with van der Waals surface area (Å²) in [6.45, 7) is 16.3. The van der Waals surface area contributed by atoms with Gasteiger partial charge < -0.3 is 18.8 Å². The van der Waals surface area contributed by atoms with Crippen molar-refractivity contribution < 1.29 is 23.5 Å². The topological polar surface area (TPSA) is 65.1 Å². The summed E-state index contributed by atoms with van der Waals surface area (Å²) in [7, 11) is -0.192. The number of thioether (sulfide) groups is 1. The van der Waals surface area contributed by atoms with E-state index in [0.717, 1.165) is 95.3 Å². The number of carbonyl (C=O) groups is 2. The lowest BCUT2D eigenvalue weighted by molar-refractivity contribution is -0.150. The van der Waals surface area contributed by atoms with Gasteiger partial charge in [0.05, 0.1) is 12.5 Å². The van der Waals surface area contributed by atoms with Crippen LogP contribution in [-0.2, 0) is 23.5 Å². The molecule has 0 radical (unpaired) electrons. The van der Waals surface area contributed by atoms with Crippen molar-refractivity contribution in [2.45, 2.75) is 277 Å². The quantitative estimate of drug-likeness (QED) is 0.0283. The molecule has 3 rings (SSSR count). The SMILES string of the molecule is CCCCCCCCC(CCCCCC)C(=O)OCCCCCC(CCCCCSCC(CCCCCC)OC(=O)CC1CCCCCC1)N(C)CCCCO[Si](c1ccccc1)(c1ccccc1)C(C)(C)C. The first-order valence-electron chi connectivity index (χ1n) is 30.9. The summed E-state index contributed by atoms with van der Waals surface area (Å²) in [5.74, 6) is 2.78. The molecule has 418 valence electrons. The lowest BCUT2D eigenvalue weighted by atomic mass is 9.94. The number of esters is 2. The molecule has 0 N–H and O–H groups in total. The van der Waals surface area contributed by atoms with E-state index in [9.17, 15) is 9.59 Å². The van der Waals surface area contributed by atoms with Crippen LogP contribution in [0.15, 0.2) is 60.7 Å². The van der Waals surface area contributed by atoms with Gasteiger partial charge in [-0.15, -0.1) is 0 Å². The van der Waals surface area contributed by atoms with Crippen LogP contribution < -0.4 is 10.4 Å². The van der Waals surface area contributed by atoms with Gasteiger partial charge in [0, 0.05) is 24.8 Å². The Morgan fingerprint density at radius 2 is 1.10 bits per heavy atom. The molecular weight excluding hydrogens is 935 g/mol. The molecule has 1 aliphatic carbocycles. The molecule has 0 saturated heterocycles. The Hall–Kier alpha value is -2.13. The third-order valence-electron chi connectivity index (χ3n) is 16.1. The van der Waals surface area contributed by atoms with Gasteiger partial charge in [0.15, 0.2) is 0 Å². The molecular formula is C65H113NO5SSi. The smallest absolute Gasteiger partial charge is 0.308 e. The number of ether oxygens (including phenoxy) is 2. The molecule has 3 unspecified atom stereocenters. The predicted molar refractivity (Wildman–Crippen MR) is 319 cm³/mol. The van der Waals surface area contributed by atoms with Gasteiger partial charge >= 0.3 is 11.9 Å². The Balaban J connectivity index is 1.54. The highest BCUT2D eigenvalue weighted by Crippen LogP contribution is 2.37. The van der Waals surface area contributed by atoms with Gasteiger partial charge in [-0.3, -0.25) is 9.59 Å². The van der Waals surface area contributed by atoms with Crippen LogP contribution in [-0.4, -0.2) is 75.6 Å². The summed E-state index contributed by atoms with van der Waals surface area (Å²) in [5.41, 5.74) is 0. The summed E-state index contributed by atoms with van der Waals surface area (Å²) in [4.78, 5) is 29.1. The molecule has 0 bridgehead atoms. The highest BCUT2D eigenvalue weighted by Gasteiger charge is 2.50. The summed E-state index contributed by atoms with van der Waals surface area (Å²) in [5, 5.41) is 2.68. The Morgan fingerprint density at radius 1 is 0.603 bits per heavy atom. The average molecular weight is 1050 g/mol. The van der Waals surface area contributed by atoms with Gasteiger partial charge in [0.2, 0.25) is 0 Å². The monoisotopic (exact) mass is 1050 g/mol. The van der Waals surface area contributed by atoms with Crippen molar-refractivity contribution in [3.8, 4) is 0 Å². The molecule has 0 aliphatic heterocycles. The van der Waals surface area contributed by atoms with E-state index in [1.54, 1.807) is 0 Å². The molecule has 2 aromatic rings. The molecule has 2 aromatic carbocycles. The molecule has 6 nitrogen and oxygen atoms in total. The predicted octanol–water partition coefficient (Wildman–Crippen LogP) is 17.6. The molecule has 1 saturated carbocycles. The van der Waals surface area contributed by atoms with Crippen molar-refractivity contribution >= 4 is 42.4 Å². The zero-order valence-electron chi connectivity index (χ0n) is 48.6. The first-order valence-corrected chi connectivity index (χ1v) is 34.0. The van der Waals surface area contributed by atoms with Gasteiger partial charge in [0.25, 0.3) is 8.32 Å². The molecule has 1 aliphatic rings. The van der Waals surface area contributed by atoms with E-state index in [1.807, 2.05) is 11.8 Å². The average Bonchev–Trinajstić information content (AvgIpc) is 3.66. The van der Waals surface area contributed by atoms with Crippen molar-refractivity contribution in [3.63, 3.8) is 0 Å². The largest absolute Gasteiger partial charge is 0.465 e. The third kappa shape index (κ3) is 27.7. The number of unbranched alkanes of at least 4 members (excludes halogenated alkanes) is 16. The minimum Gasteiger partial charge on any atom is -0.465 e. The van der Waals surface area contributed by atoms with Crippen LogP contribution in [0.3, 0.4) is 0 Å². The minimum atomic E-state index is -2.55. The summed E-state index contributed by atoms with van der Waals surface area (Å²) in [6.07, 6.45) is 40.0. The molecule has 73 heavy (non-hydrogen) atoms. The van der Waals surface area contributed by atoms with Gasteiger partial charge in [0.1, 0.15) is 6.10 Å². The van der Waals surface area contributed by atoms with Crippen molar-refractivity contribution in [1.29, 1.82) is 0 Å². The number of hydrogen-bond donors (Lipinski definition) is 0. The number of benzene rings is 2.